The molecule has 0 fully saturated rings. The van der Waals surface area contributed by atoms with E-state index in [0.29, 0.717) is 0 Å². The van der Waals surface area contributed by atoms with Gasteiger partial charge in [-0.25, -0.2) is 0 Å². The zero-order valence-electron chi connectivity index (χ0n) is 9.93. The number of para-hydroxylation sites is 1. The van der Waals surface area contributed by atoms with Crippen molar-refractivity contribution in [3.05, 3.63) is 59.9 Å². The molecule has 1 unspecified atom stereocenters. The van der Waals surface area contributed by atoms with Gasteiger partial charge in [0.05, 0.1) is 0 Å². The van der Waals surface area contributed by atoms with Gasteiger partial charge in [-0.05, 0) is 30.2 Å². The number of rotatable bonds is 4. The van der Waals surface area contributed by atoms with Crippen LogP contribution in [0, 0.1) is 0 Å². The number of anilines is 1. The molecule has 2 rings (SSSR count). The fourth-order valence-electron chi connectivity index (χ4n) is 1.71. The van der Waals surface area contributed by atoms with Crippen molar-refractivity contribution in [3.63, 3.8) is 0 Å². The Morgan fingerprint density at radius 3 is 2.76 bits per heavy atom. The van der Waals surface area contributed by atoms with Crippen molar-refractivity contribution in [3.8, 4) is 0 Å². The van der Waals surface area contributed by atoms with E-state index in [1.807, 2.05) is 36.5 Å². The maximum atomic E-state index is 5.89. The van der Waals surface area contributed by atoms with Gasteiger partial charge in [-0.3, -0.25) is 4.98 Å². The van der Waals surface area contributed by atoms with Crippen molar-refractivity contribution in [2.75, 3.05) is 5.73 Å². The maximum Gasteiger partial charge on any atom is 0.0359 e. The average molecular weight is 227 g/mol. The van der Waals surface area contributed by atoms with E-state index in [1.54, 1.807) is 6.20 Å². The number of nitrogen functional groups attached to an aromatic ring is 1. The molecule has 0 aliphatic heterocycles. The molecule has 1 aromatic carbocycles. The summed E-state index contributed by atoms with van der Waals surface area (Å²) in [5.41, 5.74) is 9.04. The summed E-state index contributed by atoms with van der Waals surface area (Å²) in [5, 5.41) is 3.44. The van der Waals surface area contributed by atoms with Crippen LogP contribution in [-0.2, 0) is 6.54 Å². The van der Waals surface area contributed by atoms with Crippen LogP contribution >= 0.6 is 0 Å². The van der Waals surface area contributed by atoms with Gasteiger partial charge in [0, 0.05) is 30.7 Å². The van der Waals surface area contributed by atoms with Gasteiger partial charge in [0.15, 0.2) is 0 Å². The summed E-state index contributed by atoms with van der Waals surface area (Å²) in [7, 11) is 0. The zero-order valence-corrected chi connectivity index (χ0v) is 9.93. The van der Waals surface area contributed by atoms with Crippen molar-refractivity contribution in [1.82, 2.24) is 10.3 Å². The molecule has 3 heteroatoms. The van der Waals surface area contributed by atoms with Crippen LogP contribution in [0.15, 0.2) is 48.8 Å². The van der Waals surface area contributed by atoms with E-state index in [0.717, 1.165) is 17.8 Å². The van der Waals surface area contributed by atoms with Crippen molar-refractivity contribution in [2.24, 2.45) is 0 Å². The summed E-state index contributed by atoms with van der Waals surface area (Å²) in [6.45, 7) is 2.89. The molecule has 3 N–H and O–H groups in total. The number of nitrogens with two attached hydrogens (primary N) is 1. The van der Waals surface area contributed by atoms with Crippen LogP contribution in [0.2, 0.25) is 0 Å². The second-order valence-corrected chi connectivity index (χ2v) is 4.09. The molecule has 0 radical (unpaired) electrons. The van der Waals surface area contributed by atoms with E-state index in [4.69, 9.17) is 5.73 Å². The lowest BCUT2D eigenvalue weighted by Crippen LogP contribution is -2.18. The molecule has 1 heterocycles. The van der Waals surface area contributed by atoms with Gasteiger partial charge in [-0.1, -0.05) is 24.3 Å². The number of benzene rings is 1. The number of hydrogen-bond acceptors (Lipinski definition) is 3. The van der Waals surface area contributed by atoms with Crippen LogP contribution in [0.3, 0.4) is 0 Å². The van der Waals surface area contributed by atoms with Crippen LogP contribution in [0.4, 0.5) is 5.69 Å². The van der Waals surface area contributed by atoms with Gasteiger partial charge in [-0.2, -0.15) is 0 Å². The zero-order chi connectivity index (χ0) is 12.1. The van der Waals surface area contributed by atoms with E-state index in [9.17, 15) is 0 Å². The van der Waals surface area contributed by atoms with Crippen LogP contribution in [0.5, 0.6) is 0 Å². The Morgan fingerprint density at radius 2 is 2.06 bits per heavy atom. The Kier molecular flexibility index (Phi) is 3.73. The molecule has 3 nitrogen and oxygen atoms in total. The molecular formula is C14H17N3. The summed E-state index contributed by atoms with van der Waals surface area (Å²) in [5.74, 6) is 0. The summed E-state index contributed by atoms with van der Waals surface area (Å²) >= 11 is 0. The lowest BCUT2D eigenvalue weighted by atomic mass is 10.1. The molecule has 0 spiro atoms. The molecule has 0 saturated carbocycles. The number of aromatic nitrogens is 1. The maximum absolute atomic E-state index is 5.89. The predicted octanol–water partition coefficient (Wildman–Crippen LogP) is 2.51. The minimum Gasteiger partial charge on any atom is -0.398 e. The molecular weight excluding hydrogens is 210 g/mol. The van der Waals surface area contributed by atoms with Gasteiger partial charge in [0.2, 0.25) is 0 Å². The number of nitrogens with zero attached hydrogens (tertiary/aromatic N) is 1. The van der Waals surface area contributed by atoms with Gasteiger partial charge in [-0.15, -0.1) is 0 Å². The van der Waals surface area contributed by atoms with Crippen LogP contribution in [0.1, 0.15) is 24.1 Å². The smallest absolute Gasteiger partial charge is 0.0359 e. The molecule has 88 valence electrons. The summed E-state index contributed by atoms with van der Waals surface area (Å²) < 4.78 is 0. The average Bonchev–Trinajstić information content (AvgIpc) is 2.38. The summed E-state index contributed by atoms with van der Waals surface area (Å²) in [4.78, 5) is 4.11. The van der Waals surface area contributed by atoms with Crippen LogP contribution < -0.4 is 11.1 Å². The minimum atomic E-state index is 0.267. The molecule has 0 bridgehead atoms. The first kappa shape index (κ1) is 11.6. The summed E-state index contributed by atoms with van der Waals surface area (Å²) in [6.07, 6.45) is 3.66. The highest BCUT2D eigenvalue weighted by atomic mass is 14.9. The first-order valence-electron chi connectivity index (χ1n) is 5.74. The van der Waals surface area contributed by atoms with E-state index in [2.05, 4.69) is 23.3 Å². The highest BCUT2D eigenvalue weighted by Gasteiger charge is 2.05. The van der Waals surface area contributed by atoms with E-state index in [1.165, 1.54) is 5.56 Å². The lowest BCUT2D eigenvalue weighted by Gasteiger charge is -2.14. The molecule has 0 amide bonds. The van der Waals surface area contributed by atoms with Crippen molar-refractivity contribution in [1.29, 1.82) is 0 Å². The SMILES string of the molecule is CC(NCc1ccccc1N)c1cccnc1. The third kappa shape index (κ3) is 3.04. The largest absolute Gasteiger partial charge is 0.398 e. The molecule has 0 aliphatic carbocycles. The van der Waals surface area contributed by atoms with Gasteiger partial charge >= 0.3 is 0 Å². The highest BCUT2D eigenvalue weighted by Crippen LogP contribution is 2.14. The lowest BCUT2D eigenvalue weighted by molar-refractivity contribution is 0.574. The van der Waals surface area contributed by atoms with Gasteiger partial charge in [0.1, 0.15) is 0 Å². The van der Waals surface area contributed by atoms with Crippen LogP contribution in [-0.4, -0.2) is 4.98 Å². The van der Waals surface area contributed by atoms with E-state index >= 15 is 0 Å². The molecule has 0 aliphatic rings. The Morgan fingerprint density at radius 1 is 1.24 bits per heavy atom. The van der Waals surface area contributed by atoms with Crippen molar-refractivity contribution < 1.29 is 0 Å². The van der Waals surface area contributed by atoms with E-state index in [-0.39, 0.29) is 6.04 Å². The Bertz CT molecular complexity index is 468. The fraction of sp³-hybridized carbons (Fsp3) is 0.214. The molecule has 0 saturated heterocycles. The topological polar surface area (TPSA) is 50.9 Å². The summed E-state index contributed by atoms with van der Waals surface area (Å²) in [6, 6.07) is 12.2. The first-order chi connectivity index (χ1) is 8.27. The fourth-order valence-corrected chi connectivity index (χ4v) is 1.71. The van der Waals surface area contributed by atoms with Gasteiger partial charge < -0.3 is 11.1 Å². The van der Waals surface area contributed by atoms with Crippen molar-refractivity contribution in [2.45, 2.75) is 19.5 Å². The Labute approximate surface area is 102 Å². The predicted molar refractivity (Wildman–Crippen MR) is 70.3 cm³/mol. The quantitative estimate of drug-likeness (QED) is 0.789. The second kappa shape index (κ2) is 5.46. The minimum absolute atomic E-state index is 0.267. The number of pyridine rings is 1. The third-order valence-electron chi connectivity index (χ3n) is 2.84. The van der Waals surface area contributed by atoms with Gasteiger partial charge in [0.25, 0.3) is 0 Å². The van der Waals surface area contributed by atoms with Crippen molar-refractivity contribution >= 4 is 5.69 Å². The highest BCUT2D eigenvalue weighted by molar-refractivity contribution is 5.46. The first-order valence-corrected chi connectivity index (χ1v) is 5.74. The number of nitrogens with one attached hydrogen (secondary N) is 1. The van der Waals surface area contributed by atoms with E-state index < -0.39 is 0 Å². The molecule has 1 aromatic heterocycles. The monoisotopic (exact) mass is 227 g/mol. The van der Waals surface area contributed by atoms with Crippen LogP contribution in [0.25, 0.3) is 0 Å². The molecule has 2 aromatic rings. The Balaban J connectivity index is 1.97. The molecule has 17 heavy (non-hydrogen) atoms. The second-order valence-electron chi connectivity index (χ2n) is 4.09. The standard InChI is InChI=1S/C14H17N3/c1-11(12-6-4-8-16-9-12)17-10-13-5-2-3-7-14(13)15/h2-9,11,17H,10,15H2,1H3. The number of hydrogen-bond donors (Lipinski definition) is 2. The molecule has 1 atom stereocenters. The normalized spacial score (nSPS) is 12.3. The Hall–Kier alpha value is -1.87. The third-order valence-corrected chi connectivity index (χ3v) is 2.84.